The van der Waals surface area contributed by atoms with E-state index in [-0.39, 0.29) is 10.7 Å². The van der Waals surface area contributed by atoms with Crippen molar-refractivity contribution >= 4 is 35.1 Å². The second-order valence-corrected chi connectivity index (χ2v) is 4.61. The van der Waals surface area contributed by atoms with E-state index in [2.05, 4.69) is 5.32 Å². The van der Waals surface area contributed by atoms with Gasteiger partial charge in [-0.15, -0.1) is 0 Å². The lowest BCUT2D eigenvalue weighted by Crippen LogP contribution is -2.42. The van der Waals surface area contributed by atoms with E-state index >= 15 is 0 Å². The second kappa shape index (κ2) is 7.55. The van der Waals surface area contributed by atoms with Gasteiger partial charge in [0, 0.05) is 5.02 Å². The van der Waals surface area contributed by atoms with E-state index < -0.39 is 43.2 Å². The summed E-state index contributed by atoms with van der Waals surface area (Å²) in [5, 5.41) is 11.1. The van der Waals surface area contributed by atoms with Gasteiger partial charge in [0.25, 0.3) is 0 Å². The zero-order valence-electron chi connectivity index (χ0n) is 10.8. The van der Waals surface area contributed by atoms with Gasteiger partial charge in [-0.05, 0) is 18.2 Å². The zero-order chi connectivity index (χ0) is 16.0. The quantitative estimate of drug-likeness (QED) is 0.669. The number of hydrogen-bond acceptors (Lipinski definition) is 4. The van der Waals surface area contributed by atoms with Crippen molar-refractivity contribution < 1.29 is 23.9 Å². The van der Waals surface area contributed by atoms with E-state index in [0.29, 0.717) is 0 Å². The van der Waals surface area contributed by atoms with Crippen LogP contribution in [0, 0.1) is 5.82 Å². The summed E-state index contributed by atoms with van der Waals surface area (Å²) < 4.78 is 13.5. The van der Waals surface area contributed by atoms with Gasteiger partial charge in [0.15, 0.2) is 0 Å². The summed E-state index contributed by atoms with van der Waals surface area (Å²) in [7, 11) is 0. The largest absolute Gasteiger partial charge is 0.480 e. The number of nitrogens with one attached hydrogen (secondary N) is 1. The number of rotatable bonds is 7. The molecule has 0 unspecified atom stereocenters. The third-order valence-corrected chi connectivity index (χ3v) is 2.55. The number of nitrogens with zero attached hydrogens (tertiary/aromatic N) is 1. The second-order valence-electron chi connectivity index (χ2n) is 4.18. The fourth-order valence-corrected chi connectivity index (χ4v) is 1.72. The highest BCUT2D eigenvalue weighted by molar-refractivity contribution is 6.30. The van der Waals surface area contributed by atoms with E-state index in [1.807, 2.05) is 0 Å². The zero-order valence-corrected chi connectivity index (χ0v) is 11.6. The molecule has 0 aliphatic carbocycles. The molecule has 0 atom stereocenters. The molecular formula is C12H13ClFN3O4. The summed E-state index contributed by atoms with van der Waals surface area (Å²) in [4.78, 5) is 34.2. The average molecular weight is 318 g/mol. The van der Waals surface area contributed by atoms with Crippen molar-refractivity contribution in [2.24, 2.45) is 5.73 Å². The number of benzene rings is 1. The molecule has 1 aromatic rings. The maximum absolute atomic E-state index is 13.5. The molecule has 2 amide bonds. The number of anilines is 1. The molecule has 0 aliphatic heterocycles. The first-order valence-corrected chi connectivity index (χ1v) is 6.13. The number of aliphatic carboxylic acids is 1. The highest BCUT2D eigenvalue weighted by Gasteiger charge is 2.17. The van der Waals surface area contributed by atoms with Gasteiger partial charge in [0.2, 0.25) is 11.8 Å². The predicted octanol–water partition coefficient (Wildman–Crippen LogP) is 0.289. The van der Waals surface area contributed by atoms with E-state index in [1.54, 1.807) is 0 Å². The van der Waals surface area contributed by atoms with Crippen LogP contribution in [0.25, 0.3) is 0 Å². The normalized spacial score (nSPS) is 10.4. The van der Waals surface area contributed by atoms with Gasteiger partial charge < -0.3 is 16.2 Å². The molecule has 4 N–H and O–H groups in total. The Morgan fingerprint density at radius 3 is 2.48 bits per heavy atom. The Morgan fingerprint density at radius 2 is 1.95 bits per heavy atom. The molecule has 0 bridgehead atoms. The molecule has 1 aromatic carbocycles. The van der Waals surface area contributed by atoms with Crippen LogP contribution in [-0.4, -0.2) is 47.4 Å². The minimum absolute atomic E-state index is 0.0984. The lowest BCUT2D eigenvalue weighted by atomic mass is 10.3. The molecule has 7 nitrogen and oxygen atoms in total. The predicted molar refractivity (Wildman–Crippen MR) is 73.3 cm³/mol. The molecule has 21 heavy (non-hydrogen) atoms. The molecule has 0 saturated heterocycles. The minimum Gasteiger partial charge on any atom is -0.480 e. The first-order chi connectivity index (χ1) is 9.77. The average Bonchev–Trinajstić information content (AvgIpc) is 2.30. The van der Waals surface area contributed by atoms with Crippen LogP contribution in [0.15, 0.2) is 18.2 Å². The van der Waals surface area contributed by atoms with E-state index in [9.17, 15) is 18.8 Å². The molecule has 0 fully saturated rings. The maximum atomic E-state index is 13.5. The van der Waals surface area contributed by atoms with Crippen molar-refractivity contribution in [1.29, 1.82) is 0 Å². The SMILES string of the molecule is NC(=O)CN(CC(=O)O)CC(=O)Nc1ccc(Cl)cc1F. The number of carboxylic acids is 1. The number of carboxylic acid groups (broad SMARTS) is 1. The van der Waals surface area contributed by atoms with Crippen LogP contribution in [0.1, 0.15) is 0 Å². The van der Waals surface area contributed by atoms with Crippen LogP contribution >= 0.6 is 11.6 Å². The Labute approximate surface area is 124 Å². The number of nitrogens with two attached hydrogens (primary N) is 1. The third kappa shape index (κ3) is 6.19. The molecule has 0 aliphatic rings. The van der Waals surface area contributed by atoms with Gasteiger partial charge in [-0.2, -0.15) is 0 Å². The standard InChI is InChI=1S/C12H13ClFN3O4/c13-7-1-2-9(8(14)3-7)16-11(19)5-17(4-10(15)18)6-12(20)21/h1-3H,4-6H2,(H2,15,18)(H,16,19)(H,20,21). The minimum atomic E-state index is -1.22. The Kier molecular flexibility index (Phi) is 6.07. The highest BCUT2D eigenvalue weighted by Crippen LogP contribution is 2.18. The first kappa shape index (κ1) is 16.9. The third-order valence-electron chi connectivity index (χ3n) is 2.31. The number of halogens is 2. The molecule has 0 aromatic heterocycles. The van der Waals surface area contributed by atoms with E-state index in [0.717, 1.165) is 11.0 Å². The lowest BCUT2D eigenvalue weighted by Gasteiger charge is -2.17. The topological polar surface area (TPSA) is 113 Å². The number of carbonyl (C=O) groups is 3. The molecule has 9 heteroatoms. The Hall–Kier alpha value is -2.19. The summed E-state index contributed by atoms with van der Waals surface area (Å²) in [6.45, 7) is -1.36. The smallest absolute Gasteiger partial charge is 0.317 e. The van der Waals surface area contributed by atoms with Crippen LogP contribution < -0.4 is 11.1 Å². The molecule has 0 radical (unpaired) electrons. The fraction of sp³-hybridized carbons (Fsp3) is 0.250. The molecule has 1 rings (SSSR count). The van der Waals surface area contributed by atoms with Gasteiger partial charge in [-0.25, -0.2) is 4.39 Å². The molecule has 114 valence electrons. The van der Waals surface area contributed by atoms with Gasteiger partial charge in [0.1, 0.15) is 5.82 Å². The number of primary amides is 1. The van der Waals surface area contributed by atoms with E-state index in [1.165, 1.54) is 12.1 Å². The summed E-state index contributed by atoms with van der Waals surface area (Å²) >= 11 is 5.57. The van der Waals surface area contributed by atoms with Crippen LogP contribution in [0.2, 0.25) is 5.02 Å². The number of hydrogen-bond donors (Lipinski definition) is 3. The Balaban J connectivity index is 2.68. The van der Waals surface area contributed by atoms with Crippen molar-refractivity contribution in [2.45, 2.75) is 0 Å². The summed E-state index contributed by atoms with van der Waals surface area (Å²) in [5.74, 6) is -3.40. The van der Waals surface area contributed by atoms with Crippen LogP contribution in [-0.2, 0) is 14.4 Å². The Morgan fingerprint density at radius 1 is 1.29 bits per heavy atom. The van der Waals surface area contributed by atoms with Crippen LogP contribution in [0.5, 0.6) is 0 Å². The monoisotopic (exact) mass is 317 g/mol. The molecular weight excluding hydrogens is 305 g/mol. The van der Waals surface area contributed by atoms with Gasteiger partial charge >= 0.3 is 5.97 Å². The summed E-state index contributed by atoms with van der Waals surface area (Å²) in [5.41, 5.74) is 4.86. The highest BCUT2D eigenvalue weighted by atomic mass is 35.5. The van der Waals surface area contributed by atoms with Gasteiger partial charge in [0.05, 0.1) is 25.3 Å². The fourth-order valence-electron chi connectivity index (χ4n) is 1.56. The van der Waals surface area contributed by atoms with Gasteiger partial charge in [-0.3, -0.25) is 19.3 Å². The van der Waals surface area contributed by atoms with Crippen molar-refractivity contribution in [3.63, 3.8) is 0 Å². The van der Waals surface area contributed by atoms with Gasteiger partial charge in [-0.1, -0.05) is 11.6 Å². The van der Waals surface area contributed by atoms with Crippen molar-refractivity contribution in [1.82, 2.24) is 4.90 Å². The molecule has 0 saturated carbocycles. The van der Waals surface area contributed by atoms with Crippen molar-refractivity contribution in [2.75, 3.05) is 25.0 Å². The lowest BCUT2D eigenvalue weighted by molar-refractivity contribution is -0.138. The summed E-state index contributed by atoms with van der Waals surface area (Å²) in [6.07, 6.45) is 0. The maximum Gasteiger partial charge on any atom is 0.317 e. The summed E-state index contributed by atoms with van der Waals surface area (Å²) in [6, 6.07) is 3.68. The molecule has 0 spiro atoms. The molecule has 0 heterocycles. The Bertz CT molecular complexity index is 551. The number of carbonyl (C=O) groups excluding carboxylic acids is 2. The van der Waals surface area contributed by atoms with E-state index in [4.69, 9.17) is 22.4 Å². The first-order valence-electron chi connectivity index (χ1n) is 5.75. The van der Waals surface area contributed by atoms with Crippen molar-refractivity contribution in [3.8, 4) is 0 Å². The van der Waals surface area contributed by atoms with Crippen molar-refractivity contribution in [3.05, 3.63) is 29.0 Å². The van der Waals surface area contributed by atoms with Crippen LogP contribution in [0.4, 0.5) is 10.1 Å². The number of amides is 2. The van der Waals surface area contributed by atoms with Crippen LogP contribution in [0.3, 0.4) is 0 Å².